The smallest absolute Gasteiger partial charge is 0.0242 e. The quantitative estimate of drug-likeness (QED) is 0.753. The molecular weight excluding hydrogens is 232 g/mol. The van der Waals surface area contributed by atoms with Crippen molar-refractivity contribution < 1.29 is 0 Å². The standard InChI is InChI=1S/C17H36N2/c1-7-14(8-2)15(19(5)6)13-18-16-11-9-10-12-17(16,3)4/h14-16,18H,7-13H2,1-6H3. The van der Waals surface area contributed by atoms with E-state index >= 15 is 0 Å². The highest BCUT2D eigenvalue weighted by atomic mass is 15.1. The summed E-state index contributed by atoms with van der Waals surface area (Å²) >= 11 is 0. The van der Waals surface area contributed by atoms with Crippen LogP contribution in [0.1, 0.15) is 66.2 Å². The van der Waals surface area contributed by atoms with E-state index < -0.39 is 0 Å². The average molecular weight is 268 g/mol. The van der Waals surface area contributed by atoms with Gasteiger partial charge in [-0.15, -0.1) is 0 Å². The van der Waals surface area contributed by atoms with Crippen LogP contribution in [0, 0.1) is 11.3 Å². The number of hydrogen-bond acceptors (Lipinski definition) is 2. The molecule has 0 aromatic carbocycles. The Labute approximate surface area is 121 Å². The molecule has 0 radical (unpaired) electrons. The van der Waals surface area contributed by atoms with Crippen LogP contribution in [0.15, 0.2) is 0 Å². The lowest BCUT2D eigenvalue weighted by Crippen LogP contribution is -2.50. The number of hydrogen-bond donors (Lipinski definition) is 1. The summed E-state index contributed by atoms with van der Waals surface area (Å²) in [5, 5.41) is 3.90. The molecule has 0 aromatic heterocycles. The SMILES string of the molecule is CCC(CC)C(CNC1CCCCC1(C)C)N(C)C. The van der Waals surface area contributed by atoms with E-state index in [2.05, 4.69) is 52.0 Å². The summed E-state index contributed by atoms with van der Waals surface area (Å²) in [4.78, 5) is 2.42. The third kappa shape index (κ3) is 4.75. The first kappa shape index (κ1) is 17.0. The fourth-order valence-electron chi connectivity index (χ4n) is 3.74. The van der Waals surface area contributed by atoms with E-state index in [1.165, 1.54) is 38.5 Å². The Balaban J connectivity index is 2.55. The van der Waals surface area contributed by atoms with Crippen LogP contribution in [0.5, 0.6) is 0 Å². The minimum absolute atomic E-state index is 0.475. The van der Waals surface area contributed by atoms with Gasteiger partial charge in [0.1, 0.15) is 0 Å². The van der Waals surface area contributed by atoms with E-state index in [0.717, 1.165) is 12.5 Å². The van der Waals surface area contributed by atoms with E-state index in [0.29, 0.717) is 17.5 Å². The largest absolute Gasteiger partial charge is 0.312 e. The van der Waals surface area contributed by atoms with Crippen molar-refractivity contribution in [1.29, 1.82) is 0 Å². The van der Waals surface area contributed by atoms with Crippen molar-refractivity contribution in [2.45, 2.75) is 78.3 Å². The summed E-state index contributed by atoms with van der Waals surface area (Å²) in [7, 11) is 4.47. The van der Waals surface area contributed by atoms with Crippen molar-refractivity contribution in [1.82, 2.24) is 10.2 Å². The zero-order chi connectivity index (χ0) is 14.5. The lowest BCUT2D eigenvalue weighted by Gasteiger charge is -2.41. The second kappa shape index (κ2) is 7.64. The van der Waals surface area contributed by atoms with Gasteiger partial charge in [-0.1, -0.05) is 53.4 Å². The van der Waals surface area contributed by atoms with Gasteiger partial charge in [0.05, 0.1) is 0 Å². The summed E-state index contributed by atoms with van der Waals surface area (Å²) in [5.41, 5.74) is 0.475. The lowest BCUT2D eigenvalue weighted by molar-refractivity contribution is 0.137. The number of rotatable bonds is 7. The minimum atomic E-state index is 0.475. The third-order valence-electron chi connectivity index (χ3n) is 5.34. The highest BCUT2D eigenvalue weighted by Crippen LogP contribution is 2.35. The average Bonchev–Trinajstić information content (AvgIpc) is 2.35. The molecule has 1 N–H and O–H groups in total. The summed E-state index contributed by atoms with van der Waals surface area (Å²) in [6.45, 7) is 10.7. The van der Waals surface area contributed by atoms with Gasteiger partial charge in [0.15, 0.2) is 0 Å². The lowest BCUT2D eigenvalue weighted by atomic mass is 9.73. The Morgan fingerprint density at radius 3 is 2.26 bits per heavy atom. The molecule has 0 heterocycles. The molecule has 1 aliphatic rings. The molecule has 2 heteroatoms. The number of nitrogens with one attached hydrogen (secondary N) is 1. The fraction of sp³-hybridized carbons (Fsp3) is 1.00. The van der Waals surface area contributed by atoms with Gasteiger partial charge in [-0.25, -0.2) is 0 Å². The molecule has 2 atom stereocenters. The molecule has 2 unspecified atom stereocenters. The molecule has 0 aliphatic heterocycles. The molecule has 1 aliphatic carbocycles. The molecular formula is C17H36N2. The minimum Gasteiger partial charge on any atom is -0.312 e. The first-order chi connectivity index (χ1) is 8.92. The van der Waals surface area contributed by atoms with Crippen molar-refractivity contribution >= 4 is 0 Å². The van der Waals surface area contributed by atoms with Crippen molar-refractivity contribution in [3.8, 4) is 0 Å². The summed E-state index contributed by atoms with van der Waals surface area (Å²) in [6.07, 6.45) is 8.12. The second-order valence-corrected chi connectivity index (χ2v) is 7.30. The van der Waals surface area contributed by atoms with Crippen molar-refractivity contribution in [2.75, 3.05) is 20.6 Å². The maximum absolute atomic E-state index is 3.90. The molecule has 0 aromatic rings. The Bertz CT molecular complexity index is 244. The predicted octanol–water partition coefficient (Wildman–Crippen LogP) is 3.91. The Morgan fingerprint density at radius 2 is 1.79 bits per heavy atom. The monoisotopic (exact) mass is 268 g/mol. The summed E-state index contributed by atoms with van der Waals surface area (Å²) in [5.74, 6) is 0.814. The first-order valence-corrected chi connectivity index (χ1v) is 8.32. The number of likely N-dealkylation sites (N-methyl/N-ethyl adjacent to an activating group) is 1. The molecule has 2 nitrogen and oxygen atoms in total. The van der Waals surface area contributed by atoms with Gasteiger partial charge >= 0.3 is 0 Å². The van der Waals surface area contributed by atoms with Gasteiger partial charge in [-0.3, -0.25) is 0 Å². The summed E-state index contributed by atoms with van der Waals surface area (Å²) in [6, 6.07) is 1.38. The number of nitrogens with zero attached hydrogens (tertiary/aromatic N) is 1. The van der Waals surface area contributed by atoms with Gasteiger partial charge in [0.25, 0.3) is 0 Å². The van der Waals surface area contributed by atoms with Crippen LogP contribution in [0.3, 0.4) is 0 Å². The van der Waals surface area contributed by atoms with Crippen LogP contribution in [0.4, 0.5) is 0 Å². The summed E-state index contributed by atoms with van der Waals surface area (Å²) < 4.78 is 0. The highest BCUT2D eigenvalue weighted by Gasteiger charge is 2.32. The molecule has 0 spiro atoms. The van der Waals surface area contributed by atoms with Gasteiger partial charge < -0.3 is 10.2 Å². The van der Waals surface area contributed by atoms with Crippen molar-refractivity contribution in [3.63, 3.8) is 0 Å². The van der Waals surface area contributed by atoms with E-state index in [1.807, 2.05) is 0 Å². The second-order valence-electron chi connectivity index (χ2n) is 7.30. The first-order valence-electron chi connectivity index (χ1n) is 8.32. The third-order valence-corrected chi connectivity index (χ3v) is 5.34. The topological polar surface area (TPSA) is 15.3 Å². The van der Waals surface area contributed by atoms with Gasteiger partial charge in [-0.05, 0) is 38.3 Å². The zero-order valence-electron chi connectivity index (χ0n) is 14.1. The maximum Gasteiger partial charge on any atom is 0.0242 e. The fourth-order valence-corrected chi connectivity index (χ4v) is 3.74. The molecule has 1 saturated carbocycles. The van der Waals surface area contributed by atoms with E-state index in [-0.39, 0.29) is 0 Å². The molecule has 0 bridgehead atoms. The Hall–Kier alpha value is -0.0800. The maximum atomic E-state index is 3.90. The molecule has 19 heavy (non-hydrogen) atoms. The highest BCUT2D eigenvalue weighted by molar-refractivity contribution is 4.89. The van der Waals surface area contributed by atoms with Crippen LogP contribution in [0.2, 0.25) is 0 Å². The van der Waals surface area contributed by atoms with E-state index in [4.69, 9.17) is 0 Å². The van der Waals surface area contributed by atoms with Gasteiger partial charge in [0.2, 0.25) is 0 Å². The molecule has 1 rings (SSSR count). The molecule has 1 fully saturated rings. The van der Waals surface area contributed by atoms with Crippen LogP contribution in [-0.4, -0.2) is 37.6 Å². The molecule has 114 valence electrons. The van der Waals surface area contributed by atoms with Gasteiger partial charge in [0, 0.05) is 18.6 Å². The van der Waals surface area contributed by atoms with Crippen molar-refractivity contribution in [2.24, 2.45) is 11.3 Å². The van der Waals surface area contributed by atoms with Crippen LogP contribution in [-0.2, 0) is 0 Å². The molecule has 0 amide bonds. The predicted molar refractivity (Wildman–Crippen MR) is 85.6 cm³/mol. The zero-order valence-corrected chi connectivity index (χ0v) is 14.1. The van der Waals surface area contributed by atoms with Gasteiger partial charge in [-0.2, -0.15) is 0 Å². The Kier molecular flexibility index (Phi) is 6.82. The van der Waals surface area contributed by atoms with Crippen LogP contribution < -0.4 is 5.32 Å². The van der Waals surface area contributed by atoms with E-state index in [1.54, 1.807) is 0 Å². The molecule has 0 saturated heterocycles. The van der Waals surface area contributed by atoms with Crippen molar-refractivity contribution in [3.05, 3.63) is 0 Å². The van der Waals surface area contributed by atoms with Crippen LogP contribution >= 0.6 is 0 Å². The Morgan fingerprint density at radius 1 is 1.16 bits per heavy atom. The normalized spacial score (nSPS) is 24.9. The van der Waals surface area contributed by atoms with Crippen LogP contribution in [0.25, 0.3) is 0 Å². The van der Waals surface area contributed by atoms with E-state index in [9.17, 15) is 0 Å².